The molecule has 2 heterocycles. The topological polar surface area (TPSA) is 86.2 Å². The molecule has 2 aromatic rings. The minimum absolute atomic E-state index is 0.0112. The van der Waals surface area contributed by atoms with Gasteiger partial charge in [-0.3, -0.25) is 4.79 Å². The number of amides is 1. The van der Waals surface area contributed by atoms with Crippen molar-refractivity contribution in [2.75, 3.05) is 12.4 Å². The number of nitrogens with zero attached hydrogens (tertiary/aromatic N) is 3. The first-order chi connectivity index (χ1) is 10.6. The van der Waals surface area contributed by atoms with Gasteiger partial charge in [-0.1, -0.05) is 11.3 Å². The Morgan fingerprint density at radius 1 is 1.32 bits per heavy atom. The SMILES string of the molecule is COC1CC(C(=O)Nc2ncc(Oc3cnc(Cl)nc3)s2)C1. The Balaban J connectivity index is 1.55. The summed E-state index contributed by atoms with van der Waals surface area (Å²) >= 11 is 6.84. The Kier molecular flexibility index (Phi) is 4.51. The van der Waals surface area contributed by atoms with E-state index < -0.39 is 0 Å². The maximum absolute atomic E-state index is 12.0. The number of rotatable bonds is 5. The Morgan fingerprint density at radius 3 is 2.73 bits per heavy atom. The van der Waals surface area contributed by atoms with Gasteiger partial charge in [-0.2, -0.15) is 0 Å². The van der Waals surface area contributed by atoms with E-state index in [9.17, 15) is 4.79 Å². The average molecular weight is 341 g/mol. The average Bonchev–Trinajstić information content (AvgIpc) is 2.87. The monoisotopic (exact) mass is 340 g/mol. The van der Waals surface area contributed by atoms with Crippen molar-refractivity contribution in [3.63, 3.8) is 0 Å². The Bertz CT molecular complexity index is 658. The van der Waals surface area contributed by atoms with E-state index in [2.05, 4.69) is 20.3 Å². The van der Waals surface area contributed by atoms with E-state index in [-0.39, 0.29) is 23.2 Å². The Hall–Kier alpha value is -1.77. The van der Waals surface area contributed by atoms with Crippen LogP contribution in [0.1, 0.15) is 12.8 Å². The molecule has 7 nitrogen and oxygen atoms in total. The van der Waals surface area contributed by atoms with Gasteiger partial charge < -0.3 is 14.8 Å². The second kappa shape index (κ2) is 6.55. The van der Waals surface area contributed by atoms with Gasteiger partial charge in [0.25, 0.3) is 0 Å². The molecule has 1 amide bonds. The van der Waals surface area contributed by atoms with E-state index in [0.717, 1.165) is 12.8 Å². The highest BCUT2D eigenvalue weighted by molar-refractivity contribution is 7.17. The molecule has 3 rings (SSSR count). The number of hydrogen-bond acceptors (Lipinski definition) is 7. The molecule has 1 N–H and O–H groups in total. The lowest BCUT2D eigenvalue weighted by Crippen LogP contribution is -2.38. The molecule has 1 saturated carbocycles. The van der Waals surface area contributed by atoms with Crippen LogP contribution in [-0.4, -0.2) is 34.1 Å². The van der Waals surface area contributed by atoms with Crippen molar-refractivity contribution >= 4 is 34.0 Å². The van der Waals surface area contributed by atoms with Crippen LogP contribution in [-0.2, 0) is 9.53 Å². The molecule has 116 valence electrons. The molecular formula is C13H13ClN4O3S. The van der Waals surface area contributed by atoms with Gasteiger partial charge in [-0.05, 0) is 24.4 Å². The number of thiazole rings is 1. The first-order valence-electron chi connectivity index (χ1n) is 6.59. The number of halogens is 1. The fourth-order valence-corrected chi connectivity index (χ4v) is 2.80. The van der Waals surface area contributed by atoms with Crippen LogP contribution in [0.5, 0.6) is 10.8 Å². The van der Waals surface area contributed by atoms with E-state index in [1.54, 1.807) is 7.11 Å². The third-order valence-electron chi connectivity index (χ3n) is 3.33. The maximum atomic E-state index is 12.0. The highest BCUT2D eigenvalue weighted by Crippen LogP contribution is 2.33. The summed E-state index contributed by atoms with van der Waals surface area (Å²) in [7, 11) is 1.66. The van der Waals surface area contributed by atoms with Crippen LogP contribution >= 0.6 is 22.9 Å². The predicted octanol–water partition coefficient (Wildman–Crippen LogP) is 2.74. The van der Waals surface area contributed by atoms with Crippen LogP contribution in [0.3, 0.4) is 0 Å². The summed E-state index contributed by atoms with van der Waals surface area (Å²) in [4.78, 5) is 23.7. The van der Waals surface area contributed by atoms with Gasteiger partial charge in [0.2, 0.25) is 16.3 Å². The fraction of sp³-hybridized carbons (Fsp3) is 0.385. The van der Waals surface area contributed by atoms with Crippen LogP contribution < -0.4 is 10.1 Å². The molecule has 0 aliphatic heterocycles. The molecule has 0 aromatic carbocycles. The van der Waals surface area contributed by atoms with Gasteiger partial charge in [-0.25, -0.2) is 15.0 Å². The minimum Gasteiger partial charge on any atom is -0.442 e. The Morgan fingerprint density at radius 2 is 2.05 bits per heavy atom. The molecule has 22 heavy (non-hydrogen) atoms. The van der Waals surface area contributed by atoms with Crippen LogP contribution in [0.4, 0.5) is 5.13 Å². The summed E-state index contributed by atoms with van der Waals surface area (Å²) < 4.78 is 10.7. The number of methoxy groups -OCH3 is 1. The lowest BCUT2D eigenvalue weighted by Gasteiger charge is -2.32. The van der Waals surface area contributed by atoms with Gasteiger partial charge in [0, 0.05) is 13.0 Å². The van der Waals surface area contributed by atoms with Crippen molar-refractivity contribution in [1.29, 1.82) is 0 Å². The first-order valence-corrected chi connectivity index (χ1v) is 7.78. The first kappa shape index (κ1) is 15.1. The van der Waals surface area contributed by atoms with Gasteiger partial charge in [0.05, 0.1) is 24.7 Å². The predicted molar refractivity (Wildman–Crippen MR) is 81.4 cm³/mol. The highest BCUT2D eigenvalue weighted by Gasteiger charge is 2.34. The van der Waals surface area contributed by atoms with Gasteiger partial charge in [0.1, 0.15) is 0 Å². The van der Waals surface area contributed by atoms with Crippen molar-refractivity contribution < 1.29 is 14.3 Å². The van der Waals surface area contributed by atoms with Crippen LogP contribution in [0.2, 0.25) is 5.28 Å². The van der Waals surface area contributed by atoms with Gasteiger partial charge in [-0.15, -0.1) is 0 Å². The van der Waals surface area contributed by atoms with Gasteiger partial charge in [0.15, 0.2) is 10.9 Å². The normalized spacial score (nSPS) is 20.3. The quantitative estimate of drug-likeness (QED) is 0.842. The Labute approximate surface area is 135 Å². The molecule has 0 saturated heterocycles. The summed E-state index contributed by atoms with van der Waals surface area (Å²) in [5, 5.41) is 3.96. The number of carbonyl (C=O) groups is 1. The molecular weight excluding hydrogens is 328 g/mol. The standard InChI is InChI=1S/C13H13ClN4O3S/c1-20-8-2-7(3-8)11(19)18-13-17-6-10(22-13)21-9-4-15-12(14)16-5-9/h4-8H,2-3H2,1H3,(H,17,18,19). The van der Waals surface area contributed by atoms with E-state index in [1.165, 1.54) is 29.9 Å². The van der Waals surface area contributed by atoms with Crippen LogP contribution in [0, 0.1) is 5.92 Å². The van der Waals surface area contributed by atoms with E-state index >= 15 is 0 Å². The lowest BCUT2D eigenvalue weighted by atomic mass is 9.82. The third kappa shape index (κ3) is 3.52. The number of carbonyl (C=O) groups excluding carboxylic acids is 1. The molecule has 0 atom stereocenters. The number of anilines is 1. The molecule has 0 unspecified atom stereocenters. The van der Waals surface area contributed by atoms with Crippen molar-refractivity contribution in [1.82, 2.24) is 15.0 Å². The largest absolute Gasteiger partial charge is 0.442 e. The van der Waals surface area contributed by atoms with Gasteiger partial charge >= 0.3 is 0 Å². The lowest BCUT2D eigenvalue weighted by molar-refractivity contribution is -0.127. The zero-order valence-electron chi connectivity index (χ0n) is 11.7. The zero-order chi connectivity index (χ0) is 15.5. The van der Waals surface area contributed by atoms with Crippen LogP contribution in [0.15, 0.2) is 18.6 Å². The molecule has 1 aliphatic rings. The summed E-state index contributed by atoms with van der Waals surface area (Å²) in [6.07, 6.45) is 6.15. The molecule has 0 spiro atoms. The fourth-order valence-electron chi connectivity index (χ4n) is 2.01. The van der Waals surface area contributed by atoms with E-state index in [4.69, 9.17) is 21.1 Å². The van der Waals surface area contributed by atoms with E-state index in [1.807, 2.05) is 0 Å². The van der Waals surface area contributed by atoms with Crippen LogP contribution in [0.25, 0.3) is 0 Å². The molecule has 1 aliphatic carbocycles. The van der Waals surface area contributed by atoms with Crippen molar-refractivity contribution in [3.8, 4) is 10.8 Å². The second-order valence-electron chi connectivity index (χ2n) is 4.79. The second-order valence-corrected chi connectivity index (χ2v) is 6.12. The zero-order valence-corrected chi connectivity index (χ0v) is 13.2. The molecule has 2 aromatic heterocycles. The minimum atomic E-state index is -0.0379. The molecule has 0 bridgehead atoms. The molecule has 1 fully saturated rings. The smallest absolute Gasteiger partial charge is 0.229 e. The molecule has 0 radical (unpaired) electrons. The molecule has 9 heteroatoms. The van der Waals surface area contributed by atoms with Crippen molar-refractivity contribution in [2.45, 2.75) is 18.9 Å². The van der Waals surface area contributed by atoms with Crippen molar-refractivity contribution in [2.24, 2.45) is 5.92 Å². The van der Waals surface area contributed by atoms with Crippen molar-refractivity contribution in [3.05, 3.63) is 23.9 Å². The number of nitrogens with one attached hydrogen (secondary N) is 1. The summed E-state index contributed by atoms with van der Waals surface area (Å²) in [5.74, 6) is 0.403. The van der Waals surface area contributed by atoms with E-state index in [0.29, 0.717) is 15.9 Å². The number of aromatic nitrogens is 3. The maximum Gasteiger partial charge on any atom is 0.229 e. The summed E-state index contributed by atoms with van der Waals surface area (Å²) in [5.41, 5.74) is 0. The highest BCUT2D eigenvalue weighted by atomic mass is 35.5. The summed E-state index contributed by atoms with van der Waals surface area (Å²) in [6.45, 7) is 0. The number of hydrogen-bond donors (Lipinski definition) is 1. The number of ether oxygens (including phenoxy) is 2. The summed E-state index contributed by atoms with van der Waals surface area (Å²) in [6, 6.07) is 0. The third-order valence-corrected chi connectivity index (χ3v) is 4.31.